The lowest BCUT2D eigenvalue weighted by molar-refractivity contribution is -0.132. The van der Waals surface area contributed by atoms with Crippen LogP contribution in [0.15, 0.2) is 66.2 Å². The van der Waals surface area contributed by atoms with Crippen molar-refractivity contribution in [2.24, 2.45) is 0 Å². The lowest BCUT2D eigenvalue weighted by Crippen LogP contribution is -2.29. The number of hydrogen-bond acceptors (Lipinski definition) is 6. The number of carbonyl (C=O) groups is 2. The van der Waals surface area contributed by atoms with E-state index >= 15 is 0 Å². The Kier molecular flexibility index (Phi) is 6.71. The van der Waals surface area contributed by atoms with Gasteiger partial charge in [-0.25, -0.2) is 0 Å². The van der Waals surface area contributed by atoms with Crippen molar-refractivity contribution in [1.29, 1.82) is 0 Å². The summed E-state index contributed by atoms with van der Waals surface area (Å²) in [5, 5.41) is 11.6. The van der Waals surface area contributed by atoms with Gasteiger partial charge in [-0.15, -0.1) is 0 Å². The largest absolute Gasteiger partial charge is 0.507 e. The number of anilines is 1. The van der Waals surface area contributed by atoms with E-state index in [0.29, 0.717) is 34.1 Å². The molecule has 1 aliphatic rings. The molecule has 1 amide bonds. The summed E-state index contributed by atoms with van der Waals surface area (Å²) in [6.45, 7) is 1.88. The standard InChI is InChI=1S/C27H24ClNO6/c1-15-7-5-6-8-18(15)24-23(25(30)16-9-11-21(34-3)22(13-16)35-4)26(31)27(32)29(24)17-10-12-20(33-2)19(28)14-17/h5-14,24,30H,1-4H3/b25-23+. The maximum Gasteiger partial charge on any atom is 0.300 e. The van der Waals surface area contributed by atoms with Crippen molar-refractivity contribution in [3.05, 3.63) is 87.9 Å². The van der Waals surface area contributed by atoms with Crippen LogP contribution >= 0.6 is 11.6 Å². The van der Waals surface area contributed by atoms with Crippen LogP contribution in [0.5, 0.6) is 17.2 Å². The van der Waals surface area contributed by atoms with E-state index in [1.165, 1.54) is 26.2 Å². The van der Waals surface area contributed by atoms with Gasteiger partial charge in [0, 0.05) is 11.3 Å². The molecule has 1 unspecified atom stereocenters. The molecule has 0 saturated carbocycles. The average molecular weight is 494 g/mol. The second-order valence-corrected chi connectivity index (χ2v) is 8.32. The molecular weight excluding hydrogens is 470 g/mol. The van der Waals surface area contributed by atoms with Crippen LogP contribution in [0, 0.1) is 6.92 Å². The number of aryl methyl sites for hydroxylation is 1. The third kappa shape index (κ3) is 4.19. The second kappa shape index (κ2) is 9.72. The summed E-state index contributed by atoms with van der Waals surface area (Å²) in [6, 6.07) is 16.1. The van der Waals surface area contributed by atoms with Gasteiger partial charge in [0.15, 0.2) is 11.5 Å². The predicted molar refractivity (Wildman–Crippen MR) is 134 cm³/mol. The second-order valence-electron chi connectivity index (χ2n) is 7.91. The van der Waals surface area contributed by atoms with E-state index in [0.717, 1.165) is 5.56 Å². The molecule has 0 bridgehead atoms. The Bertz CT molecular complexity index is 1350. The molecule has 35 heavy (non-hydrogen) atoms. The van der Waals surface area contributed by atoms with Crippen molar-refractivity contribution in [3.63, 3.8) is 0 Å². The highest BCUT2D eigenvalue weighted by Gasteiger charge is 2.47. The normalized spacial score (nSPS) is 16.9. The summed E-state index contributed by atoms with van der Waals surface area (Å²) in [6.07, 6.45) is 0. The lowest BCUT2D eigenvalue weighted by atomic mass is 9.92. The number of amides is 1. The van der Waals surface area contributed by atoms with E-state index in [9.17, 15) is 14.7 Å². The number of benzene rings is 3. The zero-order valence-electron chi connectivity index (χ0n) is 19.7. The molecule has 0 aliphatic carbocycles. The summed E-state index contributed by atoms with van der Waals surface area (Å²) in [5.41, 5.74) is 2.22. The van der Waals surface area contributed by atoms with Gasteiger partial charge in [0.05, 0.1) is 38.0 Å². The molecule has 1 atom stereocenters. The van der Waals surface area contributed by atoms with E-state index < -0.39 is 17.7 Å². The number of methoxy groups -OCH3 is 3. The summed E-state index contributed by atoms with van der Waals surface area (Å²) in [7, 11) is 4.46. The summed E-state index contributed by atoms with van der Waals surface area (Å²) < 4.78 is 15.8. The molecule has 0 spiro atoms. The Labute approximate surface area is 208 Å². The Morgan fingerprint density at radius 1 is 0.886 bits per heavy atom. The molecule has 1 heterocycles. The number of carbonyl (C=O) groups excluding carboxylic acids is 2. The number of aliphatic hydroxyl groups is 1. The monoisotopic (exact) mass is 493 g/mol. The van der Waals surface area contributed by atoms with Crippen LogP contribution < -0.4 is 19.1 Å². The van der Waals surface area contributed by atoms with E-state index in [4.69, 9.17) is 25.8 Å². The van der Waals surface area contributed by atoms with Gasteiger partial charge in [-0.05, 0) is 54.4 Å². The highest BCUT2D eigenvalue weighted by molar-refractivity contribution is 6.52. The number of Topliss-reactive ketones (excluding diaryl/α,β-unsaturated/α-hetero) is 1. The first-order chi connectivity index (χ1) is 16.8. The zero-order valence-corrected chi connectivity index (χ0v) is 20.4. The fourth-order valence-electron chi connectivity index (χ4n) is 4.23. The van der Waals surface area contributed by atoms with Crippen LogP contribution in [0.25, 0.3) is 5.76 Å². The maximum absolute atomic E-state index is 13.4. The van der Waals surface area contributed by atoms with Gasteiger partial charge in [-0.1, -0.05) is 35.9 Å². The molecule has 1 aliphatic heterocycles. The molecule has 3 aromatic rings. The van der Waals surface area contributed by atoms with Crippen LogP contribution in [-0.2, 0) is 9.59 Å². The molecule has 4 rings (SSSR count). The first kappa shape index (κ1) is 24.2. The van der Waals surface area contributed by atoms with Gasteiger partial charge in [0.25, 0.3) is 11.7 Å². The summed E-state index contributed by atoms with van der Waals surface area (Å²) >= 11 is 6.34. The molecular formula is C27H24ClNO6. The first-order valence-corrected chi connectivity index (χ1v) is 11.1. The van der Waals surface area contributed by atoms with Crippen LogP contribution in [0.3, 0.4) is 0 Å². The molecule has 7 nitrogen and oxygen atoms in total. The minimum absolute atomic E-state index is 0.0385. The average Bonchev–Trinajstić information content (AvgIpc) is 3.13. The summed E-state index contributed by atoms with van der Waals surface area (Å²) in [5.74, 6) is -0.628. The molecule has 1 N–H and O–H groups in total. The summed E-state index contributed by atoms with van der Waals surface area (Å²) in [4.78, 5) is 28.1. The van der Waals surface area contributed by atoms with Gasteiger partial charge >= 0.3 is 0 Å². The van der Waals surface area contributed by atoms with Gasteiger partial charge in [0.1, 0.15) is 11.5 Å². The number of hydrogen-bond donors (Lipinski definition) is 1. The number of halogens is 1. The SMILES string of the molecule is COc1ccc(N2C(=O)C(=O)/C(=C(/O)c3ccc(OC)c(OC)c3)C2c2ccccc2C)cc1Cl. The molecule has 1 saturated heterocycles. The van der Waals surface area contributed by atoms with E-state index in [1.54, 1.807) is 36.4 Å². The third-order valence-electron chi connectivity index (χ3n) is 6.00. The van der Waals surface area contributed by atoms with Crippen LogP contribution in [0.2, 0.25) is 5.02 Å². The highest BCUT2D eigenvalue weighted by Crippen LogP contribution is 2.45. The van der Waals surface area contributed by atoms with Crippen LogP contribution in [-0.4, -0.2) is 38.1 Å². The van der Waals surface area contributed by atoms with Crippen molar-refractivity contribution in [2.75, 3.05) is 26.2 Å². The minimum Gasteiger partial charge on any atom is -0.507 e. The maximum atomic E-state index is 13.4. The number of ketones is 1. The smallest absolute Gasteiger partial charge is 0.300 e. The quantitative estimate of drug-likeness (QED) is 0.285. The fourth-order valence-corrected chi connectivity index (χ4v) is 4.48. The minimum atomic E-state index is -0.881. The van der Waals surface area contributed by atoms with Gasteiger partial charge < -0.3 is 19.3 Å². The number of ether oxygens (including phenoxy) is 3. The molecule has 0 aromatic heterocycles. The number of nitrogens with zero attached hydrogens (tertiary/aromatic N) is 1. The van der Waals surface area contributed by atoms with Gasteiger partial charge in [-0.3, -0.25) is 14.5 Å². The first-order valence-electron chi connectivity index (χ1n) is 10.7. The van der Waals surface area contributed by atoms with Crippen molar-refractivity contribution < 1.29 is 28.9 Å². The van der Waals surface area contributed by atoms with Crippen molar-refractivity contribution in [1.82, 2.24) is 0 Å². The van der Waals surface area contributed by atoms with Crippen LogP contribution in [0.4, 0.5) is 5.69 Å². The van der Waals surface area contributed by atoms with Crippen molar-refractivity contribution in [2.45, 2.75) is 13.0 Å². The van der Waals surface area contributed by atoms with Gasteiger partial charge in [0.2, 0.25) is 0 Å². The van der Waals surface area contributed by atoms with E-state index in [-0.39, 0.29) is 16.4 Å². The Morgan fingerprint density at radius 2 is 1.54 bits per heavy atom. The molecule has 3 aromatic carbocycles. The Hall–Kier alpha value is -3.97. The molecule has 0 radical (unpaired) electrons. The number of rotatable bonds is 6. The fraction of sp³-hybridized carbons (Fsp3) is 0.185. The Balaban J connectivity index is 1.96. The van der Waals surface area contributed by atoms with Gasteiger partial charge in [-0.2, -0.15) is 0 Å². The third-order valence-corrected chi connectivity index (χ3v) is 6.29. The lowest BCUT2D eigenvalue weighted by Gasteiger charge is -2.27. The Morgan fingerprint density at radius 3 is 2.17 bits per heavy atom. The van der Waals surface area contributed by atoms with Crippen molar-refractivity contribution in [3.8, 4) is 17.2 Å². The number of aliphatic hydroxyl groups excluding tert-OH is 1. The molecule has 8 heteroatoms. The van der Waals surface area contributed by atoms with Crippen LogP contribution in [0.1, 0.15) is 22.7 Å². The highest BCUT2D eigenvalue weighted by atomic mass is 35.5. The molecule has 180 valence electrons. The van der Waals surface area contributed by atoms with E-state index in [2.05, 4.69) is 0 Å². The van der Waals surface area contributed by atoms with Crippen molar-refractivity contribution >= 4 is 34.7 Å². The topological polar surface area (TPSA) is 85.3 Å². The zero-order chi connectivity index (χ0) is 25.3. The van der Waals surface area contributed by atoms with E-state index in [1.807, 2.05) is 31.2 Å². The molecule has 1 fully saturated rings. The predicted octanol–water partition coefficient (Wildman–Crippen LogP) is 5.30.